The Morgan fingerprint density at radius 1 is 0.974 bits per heavy atom. The summed E-state index contributed by atoms with van der Waals surface area (Å²) in [5.74, 6) is 0.0795. The van der Waals surface area contributed by atoms with Crippen molar-refractivity contribution in [3.8, 4) is 6.07 Å². The first-order valence-electron chi connectivity index (χ1n) is 14.8. The number of nitrogens with zero attached hydrogens (tertiary/aromatic N) is 1. The number of hydrogen-bond acceptors (Lipinski definition) is 5. The molecule has 4 rings (SSSR count). The predicted molar refractivity (Wildman–Crippen MR) is 152 cm³/mol. The maximum atomic E-state index is 13.5. The number of carbonyl (C=O) groups excluding carboxylic acids is 3. The van der Waals surface area contributed by atoms with Crippen molar-refractivity contribution in [2.45, 2.75) is 114 Å². The highest BCUT2D eigenvalue weighted by molar-refractivity contribution is 6.05. The molecule has 1 unspecified atom stereocenters. The number of esters is 1. The van der Waals surface area contributed by atoms with Gasteiger partial charge in [0.1, 0.15) is 6.07 Å². The fourth-order valence-electron chi connectivity index (χ4n) is 9.89. The van der Waals surface area contributed by atoms with Crippen LogP contribution in [0.5, 0.6) is 0 Å². The number of fused-ring (bicyclic) bond motifs is 2. The van der Waals surface area contributed by atoms with Crippen LogP contribution in [0.25, 0.3) is 0 Å². The lowest BCUT2D eigenvalue weighted by atomic mass is 9.37. The molecule has 0 saturated heterocycles. The number of allylic oxidation sites excluding steroid dienone is 4. The van der Waals surface area contributed by atoms with Crippen molar-refractivity contribution in [2.24, 2.45) is 44.3 Å². The van der Waals surface area contributed by atoms with Crippen LogP contribution >= 0.6 is 0 Å². The van der Waals surface area contributed by atoms with Gasteiger partial charge in [-0.2, -0.15) is 5.26 Å². The Morgan fingerprint density at radius 3 is 2.15 bits per heavy atom. The monoisotopic (exact) mass is 535 g/mol. The molecule has 0 amide bonds. The smallest absolute Gasteiger partial charge is 0.312 e. The molecule has 214 valence electrons. The minimum atomic E-state index is -0.697. The SMILES string of the molecule is COC(=O)[C@]12CCC(C)(C)CC1C[C@](C)([C@]1(C)CC[C@H]3C(C)(C)C(=O)C(C#N)=C(C)[C@]3(C)/C1=C/C(C)=O)CC2. The normalized spacial score (nSPS) is 42.3. The molecule has 6 atom stereocenters. The Balaban J connectivity index is 1.89. The van der Waals surface area contributed by atoms with Crippen molar-refractivity contribution < 1.29 is 19.1 Å². The zero-order valence-electron chi connectivity index (χ0n) is 26.0. The van der Waals surface area contributed by atoms with E-state index in [1.165, 1.54) is 7.11 Å². The minimum Gasteiger partial charge on any atom is -0.469 e. The summed E-state index contributed by atoms with van der Waals surface area (Å²) in [6.07, 6.45) is 9.00. The van der Waals surface area contributed by atoms with Crippen molar-refractivity contribution in [1.82, 2.24) is 0 Å². The summed E-state index contributed by atoms with van der Waals surface area (Å²) in [6.45, 7) is 19.0. The van der Waals surface area contributed by atoms with Gasteiger partial charge in [-0.15, -0.1) is 0 Å². The van der Waals surface area contributed by atoms with Crippen LogP contribution in [0.2, 0.25) is 0 Å². The van der Waals surface area contributed by atoms with E-state index in [9.17, 15) is 19.6 Å². The number of carbonyl (C=O) groups is 3. The summed E-state index contributed by atoms with van der Waals surface area (Å²) in [5.41, 5.74) is 0.108. The third kappa shape index (κ3) is 4.02. The van der Waals surface area contributed by atoms with E-state index in [4.69, 9.17) is 4.74 Å². The first-order chi connectivity index (χ1) is 17.9. The second kappa shape index (κ2) is 9.15. The highest BCUT2D eigenvalue weighted by Crippen LogP contribution is 2.72. The summed E-state index contributed by atoms with van der Waals surface area (Å²) in [7, 11) is 1.52. The molecule has 4 aliphatic rings. The van der Waals surface area contributed by atoms with E-state index >= 15 is 0 Å². The molecule has 0 aromatic rings. The van der Waals surface area contributed by atoms with Gasteiger partial charge < -0.3 is 4.74 Å². The zero-order valence-corrected chi connectivity index (χ0v) is 26.0. The van der Waals surface area contributed by atoms with Crippen LogP contribution in [-0.4, -0.2) is 24.6 Å². The lowest BCUT2D eigenvalue weighted by molar-refractivity contribution is -0.174. The summed E-state index contributed by atoms with van der Waals surface area (Å²) in [5, 5.41) is 10.1. The van der Waals surface area contributed by atoms with Crippen molar-refractivity contribution in [1.29, 1.82) is 5.26 Å². The zero-order chi connectivity index (χ0) is 29.4. The number of ketones is 2. The summed E-state index contributed by atoms with van der Waals surface area (Å²) >= 11 is 0. The average Bonchev–Trinajstić information content (AvgIpc) is 2.84. The number of nitriles is 1. The minimum absolute atomic E-state index is 0.00114. The highest BCUT2D eigenvalue weighted by Gasteiger charge is 2.66. The van der Waals surface area contributed by atoms with Gasteiger partial charge in [0.2, 0.25) is 0 Å². The van der Waals surface area contributed by atoms with E-state index in [2.05, 4.69) is 40.7 Å². The molecule has 3 saturated carbocycles. The number of ether oxygens (including phenoxy) is 1. The van der Waals surface area contributed by atoms with Gasteiger partial charge in [-0.25, -0.2) is 0 Å². The van der Waals surface area contributed by atoms with Crippen LogP contribution in [0.4, 0.5) is 0 Å². The molecule has 5 heteroatoms. The Hall–Kier alpha value is -2.22. The second-order valence-corrected chi connectivity index (χ2v) is 15.4. The van der Waals surface area contributed by atoms with Crippen LogP contribution in [0, 0.1) is 55.7 Å². The van der Waals surface area contributed by atoms with Gasteiger partial charge in [0.05, 0.1) is 18.1 Å². The second-order valence-electron chi connectivity index (χ2n) is 15.4. The van der Waals surface area contributed by atoms with E-state index in [1.54, 1.807) is 6.92 Å². The lowest BCUT2D eigenvalue weighted by Crippen LogP contribution is -2.60. The molecule has 4 aliphatic carbocycles. The third-order valence-electron chi connectivity index (χ3n) is 12.7. The predicted octanol–water partition coefficient (Wildman–Crippen LogP) is 7.55. The van der Waals surface area contributed by atoms with Crippen molar-refractivity contribution in [2.75, 3.05) is 7.11 Å². The Labute approximate surface area is 235 Å². The number of rotatable bonds is 3. The number of methoxy groups -OCH3 is 1. The molecule has 0 spiro atoms. The fraction of sp³-hybridized carbons (Fsp3) is 0.765. The van der Waals surface area contributed by atoms with Crippen LogP contribution < -0.4 is 0 Å². The summed E-state index contributed by atoms with van der Waals surface area (Å²) < 4.78 is 5.42. The van der Waals surface area contributed by atoms with Gasteiger partial charge in [0, 0.05) is 10.8 Å². The van der Waals surface area contributed by atoms with E-state index in [0.29, 0.717) is 0 Å². The largest absolute Gasteiger partial charge is 0.469 e. The molecule has 0 radical (unpaired) electrons. The Kier molecular flexibility index (Phi) is 6.98. The molecular weight excluding hydrogens is 486 g/mol. The van der Waals surface area contributed by atoms with Gasteiger partial charge in [-0.05, 0) is 111 Å². The van der Waals surface area contributed by atoms with Gasteiger partial charge >= 0.3 is 5.97 Å². The number of Topliss-reactive ketones (excluding diaryl/α,β-unsaturated/α-hetero) is 1. The van der Waals surface area contributed by atoms with Gasteiger partial charge in [0.15, 0.2) is 11.6 Å². The van der Waals surface area contributed by atoms with Crippen molar-refractivity contribution in [3.05, 3.63) is 22.8 Å². The molecule has 3 fully saturated rings. The highest BCUT2D eigenvalue weighted by atomic mass is 16.5. The van der Waals surface area contributed by atoms with Crippen LogP contribution in [0.15, 0.2) is 22.8 Å². The molecule has 0 aliphatic heterocycles. The van der Waals surface area contributed by atoms with Crippen LogP contribution in [0.1, 0.15) is 114 Å². The lowest BCUT2D eigenvalue weighted by Gasteiger charge is -2.65. The van der Waals surface area contributed by atoms with E-state index in [-0.39, 0.29) is 51.2 Å². The third-order valence-corrected chi connectivity index (χ3v) is 12.7. The van der Waals surface area contributed by atoms with Gasteiger partial charge in [-0.3, -0.25) is 14.4 Å². The Bertz CT molecular complexity index is 1210. The van der Waals surface area contributed by atoms with E-state index in [1.807, 2.05) is 26.8 Å². The first-order valence-corrected chi connectivity index (χ1v) is 14.8. The summed E-state index contributed by atoms with van der Waals surface area (Å²) in [6, 6.07) is 2.24. The fourth-order valence-corrected chi connectivity index (χ4v) is 9.89. The molecule has 39 heavy (non-hydrogen) atoms. The maximum absolute atomic E-state index is 13.5. The standard InChI is InChI=1S/C34H49NO4/c1-21(36)17-26-32(8,12-11-25-30(5,6)27(37)24(20-35)22(2)33(25,26)9)31(7)14-16-34(28(38)39-10)15-13-29(3,4)18-23(34)19-31/h17,23,25H,11-16,18-19H2,1-10H3/b26-17+/t23?,25-,31+,32+,33-,34-/m0/s1. The summed E-state index contributed by atoms with van der Waals surface area (Å²) in [4.78, 5) is 39.7. The van der Waals surface area contributed by atoms with Crippen molar-refractivity contribution >= 4 is 17.5 Å². The van der Waals surface area contributed by atoms with Gasteiger partial charge in [0.25, 0.3) is 0 Å². The molecule has 0 N–H and O–H groups in total. The molecular formula is C34H49NO4. The molecule has 0 aromatic carbocycles. The maximum Gasteiger partial charge on any atom is 0.312 e. The molecule has 5 nitrogen and oxygen atoms in total. The van der Waals surface area contributed by atoms with E-state index in [0.717, 1.165) is 62.5 Å². The van der Waals surface area contributed by atoms with Crippen LogP contribution in [-0.2, 0) is 19.1 Å². The Morgan fingerprint density at radius 2 is 1.59 bits per heavy atom. The first kappa shape index (κ1) is 29.8. The molecule has 0 heterocycles. The van der Waals surface area contributed by atoms with Gasteiger partial charge in [-0.1, -0.05) is 48.5 Å². The molecule has 0 bridgehead atoms. The quantitative estimate of drug-likeness (QED) is 0.275. The topological polar surface area (TPSA) is 84.2 Å². The van der Waals surface area contributed by atoms with E-state index < -0.39 is 16.2 Å². The molecule has 0 aromatic heterocycles. The average molecular weight is 536 g/mol. The van der Waals surface area contributed by atoms with Crippen LogP contribution in [0.3, 0.4) is 0 Å². The van der Waals surface area contributed by atoms with Crippen molar-refractivity contribution in [3.63, 3.8) is 0 Å². The number of hydrogen-bond donors (Lipinski definition) is 0.